The van der Waals surface area contributed by atoms with E-state index in [9.17, 15) is 18.8 Å². The van der Waals surface area contributed by atoms with E-state index in [1.54, 1.807) is 12.1 Å². The maximum atomic E-state index is 13.5. The van der Waals surface area contributed by atoms with Gasteiger partial charge in [0, 0.05) is 61.5 Å². The van der Waals surface area contributed by atoms with E-state index in [0.29, 0.717) is 35.8 Å². The largest absolute Gasteiger partial charge is 0.369 e. The summed E-state index contributed by atoms with van der Waals surface area (Å²) in [6, 6.07) is 16.7. The van der Waals surface area contributed by atoms with E-state index in [2.05, 4.69) is 10.2 Å². The molecule has 40 heavy (non-hydrogen) atoms. The van der Waals surface area contributed by atoms with Crippen LogP contribution in [-0.2, 0) is 6.54 Å². The van der Waals surface area contributed by atoms with Crippen molar-refractivity contribution in [3.8, 4) is 0 Å². The van der Waals surface area contributed by atoms with Crippen LogP contribution in [0.25, 0.3) is 0 Å². The molecule has 1 saturated heterocycles. The lowest BCUT2D eigenvalue weighted by molar-refractivity contribution is 0.0696. The van der Waals surface area contributed by atoms with Gasteiger partial charge in [-0.15, -0.1) is 0 Å². The van der Waals surface area contributed by atoms with Crippen LogP contribution in [0.2, 0.25) is 0 Å². The summed E-state index contributed by atoms with van der Waals surface area (Å²) < 4.78 is 15.4. The fourth-order valence-electron chi connectivity index (χ4n) is 6.77. The fraction of sp³-hybridized carbons (Fsp3) is 0.406. The maximum Gasteiger partial charge on any atom is 0.255 e. The molecule has 3 heterocycles. The highest BCUT2D eigenvalue weighted by Gasteiger charge is 2.35. The standard InChI is InChI=1S/C32H35FN4O3/c1-35(26-6-3-2-4-7-26)32(40)23-12-15-29(27(17-23)34-31(39)22-10-13-25(33)14-11-22)36-18-21-16-24(20-36)28-8-5-9-30(38)37(28)19-21/h5,8-15,17,21,24,26H,2-4,6-7,16,18-20H2,1H3,(H,34,39)/t21-,24+/m1/s1. The molecule has 7 nitrogen and oxygen atoms in total. The van der Waals surface area contributed by atoms with Gasteiger partial charge < -0.3 is 19.7 Å². The van der Waals surface area contributed by atoms with Gasteiger partial charge in [0.25, 0.3) is 17.4 Å². The Hall–Kier alpha value is -3.94. The van der Waals surface area contributed by atoms with Gasteiger partial charge in [-0.1, -0.05) is 25.3 Å². The first kappa shape index (κ1) is 26.3. The molecule has 1 aliphatic carbocycles. The van der Waals surface area contributed by atoms with Gasteiger partial charge in [0.1, 0.15) is 5.82 Å². The van der Waals surface area contributed by atoms with Crippen LogP contribution in [0.1, 0.15) is 70.9 Å². The van der Waals surface area contributed by atoms with Crippen LogP contribution in [-0.4, -0.2) is 47.5 Å². The number of benzene rings is 2. The average Bonchev–Trinajstić information content (AvgIpc) is 2.97. The Morgan fingerprint density at radius 1 is 0.925 bits per heavy atom. The Morgan fingerprint density at radius 3 is 2.45 bits per heavy atom. The van der Waals surface area contributed by atoms with Crippen molar-refractivity contribution in [2.24, 2.45) is 5.92 Å². The lowest BCUT2D eigenvalue weighted by Crippen LogP contribution is -2.47. The third-order valence-electron chi connectivity index (χ3n) is 8.86. The number of hydrogen-bond acceptors (Lipinski definition) is 4. The molecule has 8 heteroatoms. The molecular weight excluding hydrogens is 507 g/mol. The topological polar surface area (TPSA) is 74.7 Å². The first-order valence-electron chi connectivity index (χ1n) is 14.3. The van der Waals surface area contributed by atoms with Crippen molar-refractivity contribution in [2.45, 2.75) is 57.0 Å². The second-order valence-electron chi connectivity index (χ2n) is 11.5. The van der Waals surface area contributed by atoms with E-state index < -0.39 is 5.82 Å². The van der Waals surface area contributed by atoms with Crippen molar-refractivity contribution >= 4 is 23.2 Å². The van der Waals surface area contributed by atoms with Crippen LogP contribution in [0, 0.1) is 11.7 Å². The second kappa shape index (κ2) is 10.9. The summed E-state index contributed by atoms with van der Waals surface area (Å²) in [4.78, 5) is 43.4. The number of nitrogens with one attached hydrogen (secondary N) is 1. The van der Waals surface area contributed by atoms with Crippen LogP contribution < -0.4 is 15.8 Å². The monoisotopic (exact) mass is 542 g/mol. The van der Waals surface area contributed by atoms with Crippen molar-refractivity contribution in [1.82, 2.24) is 9.47 Å². The number of piperidine rings is 1. The molecular formula is C32H35FN4O3. The first-order chi connectivity index (χ1) is 19.4. The molecule has 2 aliphatic heterocycles. The van der Waals surface area contributed by atoms with Gasteiger partial charge in [0.2, 0.25) is 0 Å². The smallest absolute Gasteiger partial charge is 0.255 e. The van der Waals surface area contributed by atoms with E-state index in [4.69, 9.17) is 0 Å². The Kier molecular flexibility index (Phi) is 7.17. The third kappa shape index (κ3) is 5.15. The minimum Gasteiger partial charge on any atom is -0.369 e. The number of aromatic nitrogens is 1. The van der Waals surface area contributed by atoms with E-state index in [0.717, 1.165) is 50.0 Å². The third-order valence-corrected chi connectivity index (χ3v) is 8.86. The lowest BCUT2D eigenvalue weighted by atomic mass is 9.83. The van der Waals surface area contributed by atoms with Gasteiger partial charge >= 0.3 is 0 Å². The van der Waals surface area contributed by atoms with Crippen LogP contribution in [0.15, 0.2) is 65.5 Å². The lowest BCUT2D eigenvalue weighted by Gasteiger charge is -2.44. The van der Waals surface area contributed by atoms with Crippen LogP contribution in [0.3, 0.4) is 0 Å². The molecule has 2 amide bonds. The molecule has 0 radical (unpaired) electrons. The quantitative estimate of drug-likeness (QED) is 0.477. The van der Waals surface area contributed by atoms with E-state index in [-0.39, 0.29) is 29.3 Å². The summed E-state index contributed by atoms with van der Waals surface area (Å²) in [7, 11) is 1.87. The minimum atomic E-state index is -0.408. The number of fused-ring (bicyclic) bond motifs is 4. The summed E-state index contributed by atoms with van der Waals surface area (Å²) >= 11 is 0. The number of pyridine rings is 1. The summed E-state index contributed by atoms with van der Waals surface area (Å²) in [5.74, 6) is -0.332. The number of rotatable bonds is 5. The highest BCUT2D eigenvalue weighted by atomic mass is 19.1. The zero-order valence-electron chi connectivity index (χ0n) is 22.8. The van der Waals surface area contributed by atoms with Crippen LogP contribution >= 0.6 is 0 Å². The average molecular weight is 543 g/mol. The molecule has 6 rings (SSSR count). The zero-order chi connectivity index (χ0) is 27.8. The summed E-state index contributed by atoms with van der Waals surface area (Å²) in [5.41, 5.74) is 3.35. The molecule has 2 atom stereocenters. The van der Waals surface area contributed by atoms with Gasteiger partial charge in [-0.3, -0.25) is 14.4 Å². The second-order valence-corrected chi connectivity index (χ2v) is 11.5. The molecule has 2 bridgehead atoms. The number of carbonyl (C=O) groups excluding carboxylic acids is 2. The highest BCUT2D eigenvalue weighted by Crippen LogP contribution is 2.39. The van der Waals surface area contributed by atoms with Gasteiger partial charge in [-0.05, 0) is 73.7 Å². The predicted octanol–water partition coefficient (Wildman–Crippen LogP) is 5.27. The number of nitrogens with zero attached hydrogens (tertiary/aromatic N) is 3. The summed E-state index contributed by atoms with van der Waals surface area (Å²) in [5, 5.41) is 3.02. The van der Waals surface area contributed by atoms with E-state index >= 15 is 0 Å². The molecule has 0 unspecified atom stereocenters. The van der Waals surface area contributed by atoms with Crippen molar-refractivity contribution in [1.29, 1.82) is 0 Å². The zero-order valence-corrected chi connectivity index (χ0v) is 22.8. The predicted molar refractivity (Wildman–Crippen MR) is 154 cm³/mol. The summed E-state index contributed by atoms with van der Waals surface area (Å²) in [6.45, 7) is 2.11. The number of carbonyl (C=O) groups is 2. The van der Waals surface area contributed by atoms with E-state index in [1.165, 1.54) is 30.7 Å². The molecule has 3 aliphatic rings. The van der Waals surface area contributed by atoms with Crippen LogP contribution in [0.5, 0.6) is 0 Å². The molecule has 3 aromatic rings. The van der Waals surface area contributed by atoms with Gasteiger partial charge in [-0.2, -0.15) is 0 Å². The molecule has 1 aromatic heterocycles. The fourth-order valence-corrected chi connectivity index (χ4v) is 6.77. The van der Waals surface area contributed by atoms with Crippen molar-refractivity contribution in [3.05, 3.63) is 93.7 Å². The molecule has 2 fully saturated rings. The molecule has 2 aromatic carbocycles. The Balaban J connectivity index is 1.32. The van der Waals surface area contributed by atoms with Gasteiger partial charge in [0.15, 0.2) is 0 Å². The Labute approximate surface area is 233 Å². The summed E-state index contributed by atoms with van der Waals surface area (Å²) in [6.07, 6.45) is 6.51. The molecule has 0 spiro atoms. The first-order valence-corrected chi connectivity index (χ1v) is 14.3. The van der Waals surface area contributed by atoms with Crippen molar-refractivity contribution < 1.29 is 14.0 Å². The number of amides is 2. The van der Waals surface area contributed by atoms with Crippen LogP contribution in [0.4, 0.5) is 15.8 Å². The minimum absolute atomic E-state index is 0.0397. The highest BCUT2D eigenvalue weighted by molar-refractivity contribution is 6.07. The number of hydrogen-bond donors (Lipinski definition) is 1. The number of halogens is 1. The van der Waals surface area contributed by atoms with Crippen molar-refractivity contribution in [2.75, 3.05) is 30.4 Å². The van der Waals surface area contributed by atoms with Gasteiger partial charge in [0.05, 0.1) is 11.4 Å². The Morgan fingerprint density at radius 2 is 1.68 bits per heavy atom. The Bertz CT molecular complexity index is 1480. The molecule has 208 valence electrons. The maximum absolute atomic E-state index is 13.5. The normalized spacial score (nSPS) is 20.5. The molecule has 1 N–H and O–H groups in total. The number of anilines is 2. The molecule has 1 saturated carbocycles. The van der Waals surface area contributed by atoms with Crippen molar-refractivity contribution in [3.63, 3.8) is 0 Å². The van der Waals surface area contributed by atoms with Gasteiger partial charge in [-0.25, -0.2) is 4.39 Å². The van der Waals surface area contributed by atoms with E-state index in [1.807, 2.05) is 40.8 Å². The SMILES string of the molecule is CN(C(=O)c1ccc(N2C[C@H]3C[C@@H](C2)c2cccc(=O)n2C3)c(NC(=O)c2ccc(F)cc2)c1)C1CCCCC1.